The van der Waals surface area contributed by atoms with Gasteiger partial charge in [-0.25, -0.2) is 28.4 Å². The fourth-order valence-electron chi connectivity index (χ4n) is 5.08. The molecule has 5 aromatic heterocycles. The number of nitrogen functional groups attached to an aromatic ring is 1. The number of alkyl halides is 2. The summed E-state index contributed by atoms with van der Waals surface area (Å²) in [6.07, 6.45) is 6.23. The summed E-state index contributed by atoms with van der Waals surface area (Å²) in [5.74, 6) is -1.33. The SMILES string of the molecule is CNC(=O)c1cccnc1C.Nc1ncccc1-c1nc2ccc(-n3cccn3)nc2n1-c1ccc2c(c1)CC(F)(F)C2. The number of hydrogen-bond donors (Lipinski definition) is 2. The number of nitrogens with zero attached hydrogens (tertiary/aromatic N) is 7. The van der Waals surface area contributed by atoms with Crippen LogP contribution in [0.1, 0.15) is 27.2 Å². The lowest BCUT2D eigenvalue weighted by molar-refractivity contribution is 0.0130. The van der Waals surface area contributed by atoms with Gasteiger partial charge in [0.05, 0.1) is 11.1 Å². The number of aromatic nitrogens is 7. The first-order chi connectivity index (χ1) is 20.7. The van der Waals surface area contributed by atoms with Crippen molar-refractivity contribution in [3.63, 3.8) is 0 Å². The number of aryl methyl sites for hydroxylation is 1. The molecule has 43 heavy (non-hydrogen) atoms. The van der Waals surface area contributed by atoms with E-state index in [-0.39, 0.29) is 18.7 Å². The summed E-state index contributed by atoms with van der Waals surface area (Å²) in [6, 6.07) is 18.0. The molecule has 1 aliphatic rings. The lowest BCUT2D eigenvalue weighted by Gasteiger charge is -2.12. The average molecular weight is 580 g/mol. The zero-order valence-corrected chi connectivity index (χ0v) is 23.4. The molecule has 216 valence electrons. The Morgan fingerprint density at radius 3 is 2.49 bits per heavy atom. The Morgan fingerprint density at radius 2 is 1.74 bits per heavy atom. The van der Waals surface area contributed by atoms with E-state index in [1.807, 2.05) is 41.8 Å². The molecule has 1 amide bonds. The average Bonchev–Trinajstić information content (AvgIpc) is 3.73. The van der Waals surface area contributed by atoms with E-state index in [2.05, 4.69) is 20.4 Å². The zero-order valence-electron chi connectivity index (χ0n) is 23.4. The third-order valence-corrected chi connectivity index (χ3v) is 7.13. The van der Waals surface area contributed by atoms with Gasteiger partial charge in [0.15, 0.2) is 17.3 Å². The molecule has 1 aliphatic carbocycles. The number of carbonyl (C=O) groups excluding carboxylic acids is 1. The number of anilines is 1. The van der Waals surface area contributed by atoms with Crippen molar-refractivity contribution in [1.29, 1.82) is 0 Å². The van der Waals surface area contributed by atoms with Gasteiger partial charge < -0.3 is 11.1 Å². The van der Waals surface area contributed by atoms with E-state index in [1.54, 1.807) is 66.8 Å². The fourth-order valence-corrected chi connectivity index (χ4v) is 5.08. The van der Waals surface area contributed by atoms with Crippen LogP contribution in [-0.2, 0) is 12.8 Å². The van der Waals surface area contributed by atoms with E-state index in [1.165, 1.54) is 0 Å². The standard InChI is InChI=1S/C23H17F2N7.C8H10N2O/c24-23(25)12-14-4-5-16(11-15(14)13-23)32-21(17-3-1-8-27-20(17)26)29-18-6-7-19(30-22(18)32)31-10-2-9-28-31;1-6-7(8(11)9-2)4-3-5-10-6/h1-11H,12-13H2,(H2,26,27);3-5H,1-2H3,(H,9,11). The predicted molar refractivity (Wildman–Crippen MR) is 158 cm³/mol. The summed E-state index contributed by atoms with van der Waals surface area (Å²) in [4.78, 5) is 28.8. The molecule has 5 heterocycles. The van der Waals surface area contributed by atoms with E-state index in [4.69, 9.17) is 15.7 Å². The van der Waals surface area contributed by atoms with Crippen LogP contribution in [0.5, 0.6) is 0 Å². The number of fused-ring (bicyclic) bond motifs is 2. The maximum absolute atomic E-state index is 14.0. The topological polar surface area (TPSA) is 129 Å². The van der Waals surface area contributed by atoms with E-state index in [9.17, 15) is 13.6 Å². The van der Waals surface area contributed by atoms with Crippen LogP contribution in [-0.4, -0.2) is 53.2 Å². The van der Waals surface area contributed by atoms with Crippen LogP contribution >= 0.6 is 0 Å². The van der Waals surface area contributed by atoms with Gasteiger partial charge in [-0.1, -0.05) is 6.07 Å². The minimum atomic E-state index is -2.72. The largest absolute Gasteiger partial charge is 0.383 e. The molecule has 0 saturated carbocycles. The predicted octanol–water partition coefficient (Wildman–Crippen LogP) is 4.73. The maximum atomic E-state index is 14.0. The van der Waals surface area contributed by atoms with Gasteiger partial charge in [-0.05, 0) is 72.6 Å². The number of rotatable bonds is 4. The molecule has 10 nitrogen and oxygen atoms in total. The normalized spacial score (nSPS) is 13.3. The highest BCUT2D eigenvalue weighted by molar-refractivity contribution is 5.94. The summed E-state index contributed by atoms with van der Waals surface area (Å²) >= 11 is 0. The first kappa shape index (κ1) is 27.6. The number of nitrogens with one attached hydrogen (secondary N) is 1. The monoisotopic (exact) mass is 579 g/mol. The molecule has 0 atom stereocenters. The first-order valence-electron chi connectivity index (χ1n) is 13.5. The van der Waals surface area contributed by atoms with Crippen LogP contribution in [0.15, 0.2) is 85.5 Å². The van der Waals surface area contributed by atoms with Crippen LogP contribution in [0.2, 0.25) is 0 Å². The number of amides is 1. The molecule has 0 fully saturated rings. The lowest BCUT2D eigenvalue weighted by atomic mass is 10.1. The molecular weight excluding hydrogens is 552 g/mol. The zero-order chi connectivity index (χ0) is 30.1. The number of halogens is 2. The van der Waals surface area contributed by atoms with Crippen molar-refractivity contribution in [3.05, 3.63) is 108 Å². The van der Waals surface area contributed by atoms with Crippen LogP contribution in [0.3, 0.4) is 0 Å². The molecule has 7 rings (SSSR count). The summed E-state index contributed by atoms with van der Waals surface area (Å²) in [7, 11) is 1.61. The third-order valence-electron chi connectivity index (χ3n) is 7.13. The van der Waals surface area contributed by atoms with Crippen molar-refractivity contribution in [1.82, 2.24) is 39.6 Å². The smallest absolute Gasteiger partial charge is 0.256 e. The fraction of sp³-hybridized carbons (Fsp3) is 0.161. The van der Waals surface area contributed by atoms with Crippen LogP contribution < -0.4 is 11.1 Å². The van der Waals surface area contributed by atoms with Gasteiger partial charge in [0.2, 0.25) is 0 Å². The van der Waals surface area contributed by atoms with E-state index in [0.29, 0.717) is 56.6 Å². The highest BCUT2D eigenvalue weighted by Crippen LogP contribution is 2.37. The molecule has 0 unspecified atom stereocenters. The molecule has 0 aliphatic heterocycles. The Balaban J connectivity index is 0.000000254. The quantitative estimate of drug-likeness (QED) is 0.309. The van der Waals surface area contributed by atoms with Gasteiger partial charge in [0, 0.05) is 56.1 Å². The van der Waals surface area contributed by atoms with E-state index >= 15 is 0 Å². The molecular formula is C31H27F2N9O. The van der Waals surface area contributed by atoms with E-state index < -0.39 is 5.92 Å². The number of benzene rings is 1. The molecule has 0 saturated heterocycles. The number of pyridine rings is 3. The van der Waals surface area contributed by atoms with Crippen molar-refractivity contribution in [2.75, 3.05) is 12.8 Å². The van der Waals surface area contributed by atoms with Gasteiger partial charge in [-0.3, -0.25) is 14.3 Å². The van der Waals surface area contributed by atoms with Crippen LogP contribution in [0.4, 0.5) is 14.6 Å². The Labute approximate surface area is 245 Å². The van der Waals surface area contributed by atoms with Gasteiger partial charge in [0.25, 0.3) is 11.8 Å². The Hall–Kier alpha value is -5.52. The highest BCUT2D eigenvalue weighted by Gasteiger charge is 2.37. The summed E-state index contributed by atoms with van der Waals surface area (Å²) < 4.78 is 31.5. The second-order valence-corrected chi connectivity index (χ2v) is 10.0. The minimum absolute atomic E-state index is 0.0874. The van der Waals surface area contributed by atoms with Gasteiger partial charge in [-0.15, -0.1) is 0 Å². The lowest BCUT2D eigenvalue weighted by Crippen LogP contribution is -2.19. The Bertz CT molecular complexity index is 1950. The summed E-state index contributed by atoms with van der Waals surface area (Å²) in [6.45, 7) is 1.81. The number of hydrogen-bond acceptors (Lipinski definition) is 7. The third kappa shape index (κ3) is 5.42. The second kappa shape index (κ2) is 11.0. The molecule has 1 aromatic carbocycles. The second-order valence-electron chi connectivity index (χ2n) is 10.0. The van der Waals surface area contributed by atoms with Crippen molar-refractivity contribution < 1.29 is 13.6 Å². The molecule has 0 bridgehead atoms. The van der Waals surface area contributed by atoms with Gasteiger partial charge in [0.1, 0.15) is 11.3 Å². The van der Waals surface area contributed by atoms with Gasteiger partial charge >= 0.3 is 0 Å². The van der Waals surface area contributed by atoms with Crippen molar-refractivity contribution in [3.8, 4) is 22.9 Å². The van der Waals surface area contributed by atoms with Crippen molar-refractivity contribution in [2.24, 2.45) is 0 Å². The summed E-state index contributed by atoms with van der Waals surface area (Å²) in [5, 5.41) is 6.79. The number of imidazole rings is 1. The van der Waals surface area contributed by atoms with Gasteiger partial charge in [-0.2, -0.15) is 5.10 Å². The van der Waals surface area contributed by atoms with Crippen molar-refractivity contribution in [2.45, 2.75) is 25.7 Å². The summed E-state index contributed by atoms with van der Waals surface area (Å²) in [5.41, 5.74) is 11.4. The highest BCUT2D eigenvalue weighted by atomic mass is 19.3. The van der Waals surface area contributed by atoms with Crippen molar-refractivity contribution >= 4 is 22.9 Å². The molecule has 0 spiro atoms. The maximum Gasteiger partial charge on any atom is 0.256 e. The van der Waals surface area contributed by atoms with E-state index in [0.717, 1.165) is 5.69 Å². The Morgan fingerprint density at radius 1 is 0.953 bits per heavy atom. The van der Waals surface area contributed by atoms with Crippen LogP contribution in [0, 0.1) is 6.92 Å². The first-order valence-corrected chi connectivity index (χ1v) is 13.5. The molecule has 3 N–H and O–H groups in total. The molecule has 0 radical (unpaired) electrons. The number of carbonyl (C=O) groups is 1. The number of nitrogens with two attached hydrogens (primary N) is 1. The Kier molecular flexibility index (Phi) is 7.10. The molecule has 6 aromatic rings. The molecule has 12 heteroatoms. The van der Waals surface area contributed by atoms with Crippen LogP contribution in [0.25, 0.3) is 34.1 Å². The minimum Gasteiger partial charge on any atom is -0.383 e.